The van der Waals surface area contributed by atoms with E-state index in [0.717, 1.165) is 16.7 Å². The lowest BCUT2D eigenvalue weighted by Gasteiger charge is -2.08. The Morgan fingerprint density at radius 3 is 2.58 bits per heavy atom. The molecule has 0 aliphatic carbocycles. The molecule has 0 aliphatic rings. The molecule has 0 radical (unpaired) electrons. The number of hydrogen-bond donors (Lipinski definition) is 1. The van der Waals surface area contributed by atoms with Crippen molar-refractivity contribution in [2.45, 2.75) is 6.54 Å². The van der Waals surface area contributed by atoms with Crippen LogP contribution in [0.4, 0.5) is 0 Å². The maximum absolute atomic E-state index is 11.5. The Morgan fingerprint density at radius 2 is 1.89 bits per heavy atom. The van der Waals surface area contributed by atoms with E-state index in [1.54, 1.807) is 6.07 Å². The fourth-order valence-electron chi connectivity index (χ4n) is 1.91. The van der Waals surface area contributed by atoms with Crippen molar-refractivity contribution in [2.75, 3.05) is 7.11 Å². The third kappa shape index (κ3) is 3.34. The third-order valence-corrected chi connectivity index (χ3v) is 2.83. The van der Waals surface area contributed by atoms with Crippen LogP contribution in [0.1, 0.15) is 15.9 Å². The van der Waals surface area contributed by atoms with Crippen LogP contribution in [0.2, 0.25) is 0 Å². The van der Waals surface area contributed by atoms with Crippen molar-refractivity contribution in [1.29, 1.82) is 0 Å². The number of carbonyl (C=O) groups is 1. The molecule has 3 nitrogen and oxygen atoms in total. The van der Waals surface area contributed by atoms with E-state index in [-0.39, 0.29) is 18.4 Å². The predicted octanol–water partition coefficient (Wildman–Crippen LogP) is 3.02. The summed E-state index contributed by atoms with van der Waals surface area (Å²) < 4.78 is 4.72. The van der Waals surface area contributed by atoms with E-state index in [1.165, 1.54) is 7.11 Å². The average Bonchev–Trinajstić information content (AvgIpc) is 2.46. The SMILES string of the molecule is COC(=O)c1cccc(-c2ccccc2CN)c1.Cl. The zero-order valence-electron chi connectivity index (χ0n) is 10.6. The predicted molar refractivity (Wildman–Crippen MR) is 78.4 cm³/mol. The minimum absolute atomic E-state index is 0. The summed E-state index contributed by atoms with van der Waals surface area (Å²) >= 11 is 0. The van der Waals surface area contributed by atoms with E-state index in [9.17, 15) is 4.79 Å². The van der Waals surface area contributed by atoms with Crippen LogP contribution < -0.4 is 5.73 Å². The molecular weight excluding hydrogens is 262 g/mol. The summed E-state index contributed by atoms with van der Waals surface area (Å²) in [6.07, 6.45) is 0. The number of benzene rings is 2. The van der Waals surface area contributed by atoms with Gasteiger partial charge in [0.1, 0.15) is 0 Å². The van der Waals surface area contributed by atoms with Crippen LogP contribution in [0.3, 0.4) is 0 Å². The fourth-order valence-corrected chi connectivity index (χ4v) is 1.91. The lowest BCUT2D eigenvalue weighted by molar-refractivity contribution is 0.0601. The Labute approximate surface area is 118 Å². The summed E-state index contributed by atoms with van der Waals surface area (Å²) in [4.78, 5) is 11.5. The van der Waals surface area contributed by atoms with Gasteiger partial charge < -0.3 is 10.5 Å². The monoisotopic (exact) mass is 277 g/mol. The Kier molecular flexibility index (Phi) is 5.55. The second-order valence-electron chi connectivity index (χ2n) is 3.93. The molecule has 0 amide bonds. The van der Waals surface area contributed by atoms with Crippen LogP contribution in [0, 0.1) is 0 Å². The van der Waals surface area contributed by atoms with Crippen molar-refractivity contribution in [1.82, 2.24) is 0 Å². The lowest BCUT2D eigenvalue weighted by atomic mass is 9.98. The van der Waals surface area contributed by atoms with Gasteiger partial charge in [-0.15, -0.1) is 12.4 Å². The van der Waals surface area contributed by atoms with Gasteiger partial charge in [0, 0.05) is 6.54 Å². The molecule has 0 saturated heterocycles. The first-order chi connectivity index (χ1) is 8.76. The van der Waals surface area contributed by atoms with Crippen LogP contribution in [0.25, 0.3) is 11.1 Å². The molecule has 2 N–H and O–H groups in total. The first-order valence-corrected chi connectivity index (χ1v) is 5.73. The van der Waals surface area contributed by atoms with E-state index >= 15 is 0 Å². The number of ether oxygens (including phenoxy) is 1. The van der Waals surface area contributed by atoms with Gasteiger partial charge in [0.2, 0.25) is 0 Å². The highest BCUT2D eigenvalue weighted by Crippen LogP contribution is 2.24. The molecule has 2 aromatic rings. The fraction of sp³-hybridized carbons (Fsp3) is 0.133. The lowest BCUT2D eigenvalue weighted by Crippen LogP contribution is -2.02. The maximum atomic E-state index is 11.5. The summed E-state index contributed by atoms with van der Waals surface area (Å²) in [6.45, 7) is 0.471. The van der Waals surface area contributed by atoms with Crippen LogP contribution in [0.5, 0.6) is 0 Å². The summed E-state index contributed by atoms with van der Waals surface area (Å²) in [5.41, 5.74) is 9.34. The number of halogens is 1. The van der Waals surface area contributed by atoms with E-state index in [2.05, 4.69) is 0 Å². The van der Waals surface area contributed by atoms with E-state index in [1.807, 2.05) is 42.5 Å². The van der Waals surface area contributed by atoms with Crippen molar-refractivity contribution in [3.63, 3.8) is 0 Å². The molecule has 2 aromatic carbocycles. The Morgan fingerprint density at radius 1 is 1.16 bits per heavy atom. The highest BCUT2D eigenvalue weighted by molar-refractivity contribution is 5.91. The van der Waals surface area contributed by atoms with E-state index in [4.69, 9.17) is 10.5 Å². The standard InChI is InChI=1S/C15H15NO2.ClH/c1-18-15(17)12-7-4-6-11(9-12)14-8-3-2-5-13(14)10-16;/h2-9H,10,16H2,1H3;1H. The van der Waals surface area contributed by atoms with Gasteiger partial charge in [-0.1, -0.05) is 36.4 Å². The minimum atomic E-state index is -0.331. The maximum Gasteiger partial charge on any atom is 0.337 e. The van der Waals surface area contributed by atoms with Crippen LogP contribution in [-0.2, 0) is 11.3 Å². The normalized spacial score (nSPS) is 9.58. The van der Waals surface area contributed by atoms with Crippen LogP contribution in [-0.4, -0.2) is 13.1 Å². The van der Waals surface area contributed by atoms with Gasteiger partial charge in [0.25, 0.3) is 0 Å². The molecule has 0 unspecified atom stereocenters. The topological polar surface area (TPSA) is 52.3 Å². The van der Waals surface area contributed by atoms with Crippen molar-refractivity contribution in [2.24, 2.45) is 5.73 Å². The summed E-state index contributed by atoms with van der Waals surface area (Å²) in [7, 11) is 1.38. The van der Waals surface area contributed by atoms with E-state index < -0.39 is 0 Å². The molecule has 2 rings (SSSR count). The first-order valence-electron chi connectivity index (χ1n) is 5.73. The molecular formula is C15H16ClNO2. The summed E-state index contributed by atoms with van der Waals surface area (Å²) in [6, 6.07) is 15.3. The van der Waals surface area contributed by atoms with Crippen molar-refractivity contribution < 1.29 is 9.53 Å². The quantitative estimate of drug-likeness (QED) is 0.878. The second-order valence-corrected chi connectivity index (χ2v) is 3.93. The highest BCUT2D eigenvalue weighted by atomic mass is 35.5. The zero-order valence-corrected chi connectivity index (χ0v) is 11.4. The van der Waals surface area contributed by atoms with Crippen LogP contribution in [0.15, 0.2) is 48.5 Å². The number of hydrogen-bond acceptors (Lipinski definition) is 3. The number of esters is 1. The van der Waals surface area contributed by atoms with Gasteiger partial charge in [-0.05, 0) is 28.8 Å². The largest absolute Gasteiger partial charge is 0.465 e. The second kappa shape index (κ2) is 6.92. The molecule has 0 spiro atoms. The summed E-state index contributed by atoms with van der Waals surface area (Å²) in [5.74, 6) is -0.331. The molecule has 0 saturated carbocycles. The smallest absolute Gasteiger partial charge is 0.337 e. The Hall–Kier alpha value is -1.84. The van der Waals surface area contributed by atoms with Gasteiger partial charge >= 0.3 is 5.97 Å². The zero-order chi connectivity index (χ0) is 13.0. The number of methoxy groups -OCH3 is 1. The molecule has 0 heterocycles. The first kappa shape index (κ1) is 15.2. The van der Waals surface area contributed by atoms with Gasteiger partial charge in [-0.3, -0.25) is 0 Å². The molecule has 4 heteroatoms. The number of rotatable bonds is 3. The Balaban J connectivity index is 0.00000180. The van der Waals surface area contributed by atoms with Gasteiger partial charge in [0.15, 0.2) is 0 Å². The molecule has 100 valence electrons. The van der Waals surface area contributed by atoms with E-state index in [0.29, 0.717) is 12.1 Å². The Bertz CT molecular complexity index is 570. The van der Waals surface area contributed by atoms with Crippen LogP contribution >= 0.6 is 12.4 Å². The van der Waals surface area contributed by atoms with Gasteiger partial charge in [0.05, 0.1) is 12.7 Å². The average molecular weight is 278 g/mol. The van der Waals surface area contributed by atoms with Gasteiger partial charge in [-0.2, -0.15) is 0 Å². The summed E-state index contributed by atoms with van der Waals surface area (Å²) in [5, 5.41) is 0. The molecule has 0 fully saturated rings. The molecule has 19 heavy (non-hydrogen) atoms. The highest BCUT2D eigenvalue weighted by Gasteiger charge is 2.08. The van der Waals surface area contributed by atoms with Gasteiger partial charge in [-0.25, -0.2) is 4.79 Å². The van der Waals surface area contributed by atoms with Crippen molar-refractivity contribution in [3.8, 4) is 11.1 Å². The molecule has 0 bridgehead atoms. The molecule has 0 atom stereocenters. The molecule has 0 aromatic heterocycles. The third-order valence-electron chi connectivity index (χ3n) is 2.83. The number of nitrogens with two attached hydrogens (primary N) is 1. The number of carbonyl (C=O) groups excluding carboxylic acids is 1. The van der Waals surface area contributed by atoms with Crippen molar-refractivity contribution in [3.05, 3.63) is 59.7 Å². The minimum Gasteiger partial charge on any atom is -0.465 e. The van der Waals surface area contributed by atoms with Crippen molar-refractivity contribution >= 4 is 18.4 Å². The molecule has 0 aliphatic heterocycles.